The van der Waals surface area contributed by atoms with Gasteiger partial charge in [-0.25, -0.2) is 0 Å². The number of hydrogen-bond acceptors (Lipinski definition) is 4. The van der Waals surface area contributed by atoms with Gasteiger partial charge in [-0.3, -0.25) is 9.59 Å². The largest absolute Gasteiger partial charge is 0.468 e. The highest BCUT2D eigenvalue weighted by molar-refractivity contribution is 6.00. The van der Waals surface area contributed by atoms with Crippen LogP contribution >= 0.6 is 0 Å². The van der Waals surface area contributed by atoms with E-state index in [1.165, 1.54) is 14.2 Å². The molecule has 0 aliphatic carbocycles. The number of terminal acetylenes is 1. The van der Waals surface area contributed by atoms with Crippen LogP contribution in [0.3, 0.4) is 0 Å². The Hall–Kier alpha value is -2.54. The van der Waals surface area contributed by atoms with Crippen molar-refractivity contribution in [2.24, 2.45) is 5.41 Å². The van der Waals surface area contributed by atoms with Gasteiger partial charge in [0.25, 0.3) is 0 Å². The molecule has 0 heterocycles. The summed E-state index contributed by atoms with van der Waals surface area (Å²) in [6, 6.07) is 7.47. The van der Waals surface area contributed by atoms with Crippen molar-refractivity contribution >= 4 is 11.9 Å². The Balaban J connectivity index is 3.21. The average molecular weight is 328 g/mol. The summed E-state index contributed by atoms with van der Waals surface area (Å²) in [4.78, 5) is 24.9. The van der Waals surface area contributed by atoms with Crippen LogP contribution in [0, 0.1) is 17.8 Å². The van der Waals surface area contributed by atoms with Crippen molar-refractivity contribution in [3.8, 4) is 12.3 Å². The summed E-state index contributed by atoms with van der Waals surface area (Å²) in [6.07, 6.45) is 8.33. The molecule has 0 radical (unpaired) electrons. The Morgan fingerprint density at radius 3 is 2.25 bits per heavy atom. The zero-order valence-corrected chi connectivity index (χ0v) is 14.7. The van der Waals surface area contributed by atoms with E-state index in [9.17, 15) is 9.59 Å². The quantitative estimate of drug-likeness (QED) is 0.333. The van der Waals surface area contributed by atoms with Gasteiger partial charge in [0.1, 0.15) is 0 Å². The molecule has 0 aromatic heterocycles. The van der Waals surface area contributed by atoms with E-state index in [2.05, 4.69) is 5.92 Å². The van der Waals surface area contributed by atoms with Gasteiger partial charge in [-0.15, -0.1) is 6.42 Å². The van der Waals surface area contributed by atoms with E-state index in [4.69, 9.17) is 15.9 Å². The van der Waals surface area contributed by atoms with E-state index in [0.29, 0.717) is 6.42 Å². The predicted octanol–water partition coefficient (Wildman–Crippen LogP) is 3.29. The number of methoxy groups -OCH3 is 2. The van der Waals surface area contributed by atoms with Crippen LogP contribution < -0.4 is 0 Å². The lowest BCUT2D eigenvalue weighted by atomic mass is 9.78. The molecular formula is C20H24O4. The van der Waals surface area contributed by atoms with E-state index in [-0.39, 0.29) is 12.8 Å². The second-order valence-corrected chi connectivity index (χ2v) is 5.85. The van der Waals surface area contributed by atoms with Gasteiger partial charge in [-0.2, -0.15) is 0 Å². The molecule has 0 saturated heterocycles. The first-order valence-electron chi connectivity index (χ1n) is 7.76. The minimum atomic E-state index is -1.37. The van der Waals surface area contributed by atoms with Crippen LogP contribution in [-0.4, -0.2) is 26.2 Å². The standard InChI is InChI=1S/C20H24O4/c1-6-16-9-7-8-10-17(16)12-14-20(18(21)23-4,19(22)24-5)13-11-15(2)3/h1,7-11H,12-14H2,2-5H3. The molecule has 1 aromatic rings. The molecule has 0 aliphatic rings. The van der Waals surface area contributed by atoms with Crippen molar-refractivity contribution < 1.29 is 19.1 Å². The number of carbonyl (C=O) groups excluding carboxylic acids is 2. The van der Waals surface area contributed by atoms with E-state index in [1.54, 1.807) is 0 Å². The van der Waals surface area contributed by atoms with E-state index in [0.717, 1.165) is 16.7 Å². The molecule has 0 N–H and O–H groups in total. The molecule has 0 spiro atoms. The molecule has 1 aromatic carbocycles. The van der Waals surface area contributed by atoms with E-state index >= 15 is 0 Å². The van der Waals surface area contributed by atoms with E-state index in [1.807, 2.05) is 44.2 Å². The summed E-state index contributed by atoms with van der Waals surface area (Å²) in [5.74, 6) is 1.44. The van der Waals surface area contributed by atoms with Gasteiger partial charge in [-0.1, -0.05) is 35.8 Å². The first-order valence-corrected chi connectivity index (χ1v) is 7.76. The Bertz CT molecular complexity index is 644. The molecule has 0 atom stereocenters. The van der Waals surface area contributed by atoms with Crippen LogP contribution in [0.25, 0.3) is 0 Å². The SMILES string of the molecule is C#Cc1ccccc1CCC(CC=C(C)C)(C(=O)OC)C(=O)OC. The highest BCUT2D eigenvalue weighted by Crippen LogP contribution is 2.33. The van der Waals surface area contributed by atoms with Gasteiger partial charge >= 0.3 is 11.9 Å². The smallest absolute Gasteiger partial charge is 0.323 e. The van der Waals surface area contributed by atoms with Gasteiger partial charge in [0.2, 0.25) is 0 Å². The Kier molecular flexibility index (Phi) is 7.26. The molecular weight excluding hydrogens is 304 g/mol. The van der Waals surface area contributed by atoms with Crippen LogP contribution in [0.2, 0.25) is 0 Å². The lowest BCUT2D eigenvalue weighted by Gasteiger charge is -2.27. The maximum atomic E-state index is 12.4. The number of carbonyl (C=O) groups is 2. The summed E-state index contributed by atoms with van der Waals surface area (Å²) >= 11 is 0. The predicted molar refractivity (Wildman–Crippen MR) is 93.2 cm³/mol. The van der Waals surface area contributed by atoms with Gasteiger partial charge in [-0.05, 0) is 44.7 Å². The fourth-order valence-electron chi connectivity index (χ4n) is 2.55. The first-order chi connectivity index (χ1) is 11.4. The average Bonchev–Trinajstić information content (AvgIpc) is 2.60. The fraction of sp³-hybridized carbons (Fsp3) is 0.400. The number of hydrogen-bond donors (Lipinski definition) is 0. The van der Waals surface area contributed by atoms with Crippen LogP contribution in [0.5, 0.6) is 0 Å². The van der Waals surface area contributed by atoms with Crippen molar-refractivity contribution in [3.05, 3.63) is 47.0 Å². The molecule has 1 rings (SSSR count). The minimum absolute atomic E-state index is 0.229. The lowest BCUT2D eigenvalue weighted by Crippen LogP contribution is -2.41. The third kappa shape index (κ3) is 4.48. The Morgan fingerprint density at radius 1 is 1.17 bits per heavy atom. The van der Waals surface area contributed by atoms with E-state index < -0.39 is 17.4 Å². The maximum Gasteiger partial charge on any atom is 0.323 e. The van der Waals surface area contributed by atoms with Crippen LogP contribution in [0.15, 0.2) is 35.9 Å². The summed E-state index contributed by atoms with van der Waals surface area (Å²) in [7, 11) is 2.55. The molecule has 24 heavy (non-hydrogen) atoms. The lowest BCUT2D eigenvalue weighted by molar-refractivity contribution is -0.169. The molecule has 0 aliphatic heterocycles. The molecule has 128 valence electrons. The van der Waals surface area contributed by atoms with Gasteiger partial charge in [0.05, 0.1) is 14.2 Å². The maximum absolute atomic E-state index is 12.4. The number of aryl methyl sites for hydroxylation is 1. The van der Waals surface area contributed by atoms with Crippen molar-refractivity contribution in [1.82, 2.24) is 0 Å². The summed E-state index contributed by atoms with van der Waals surface area (Å²) in [5, 5.41) is 0. The number of rotatable bonds is 7. The van der Waals surface area contributed by atoms with Gasteiger partial charge in [0.15, 0.2) is 5.41 Å². The van der Waals surface area contributed by atoms with Crippen molar-refractivity contribution in [2.75, 3.05) is 14.2 Å². The topological polar surface area (TPSA) is 52.6 Å². The van der Waals surface area contributed by atoms with Crippen LogP contribution in [0.1, 0.15) is 37.8 Å². The normalized spacial score (nSPS) is 10.5. The second-order valence-electron chi connectivity index (χ2n) is 5.85. The number of esters is 2. The first kappa shape index (κ1) is 19.5. The molecule has 0 fully saturated rings. The highest BCUT2D eigenvalue weighted by atomic mass is 16.5. The molecule has 4 heteroatoms. The summed E-state index contributed by atoms with van der Waals surface area (Å²) < 4.78 is 9.81. The molecule has 0 saturated carbocycles. The zero-order chi connectivity index (χ0) is 18.2. The minimum Gasteiger partial charge on any atom is -0.468 e. The second kappa shape index (κ2) is 8.93. The van der Waals surface area contributed by atoms with Crippen LogP contribution in [0.4, 0.5) is 0 Å². The number of ether oxygens (including phenoxy) is 2. The molecule has 4 nitrogen and oxygen atoms in total. The van der Waals surface area contributed by atoms with Gasteiger partial charge < -0.3 is 9.47 Å². The fourth-order valence-corrected chi connectivity index (χ4v) is 2.55. The molecule has 0 unspecified atom stereocenters. The van der Waals surface area contributed by atoms with Crippen molar-refractivity contribution in [2.45, 2.75) is 33.1 Å². The number of benzene rings is 1. The molecule has 0 amide bonds. The number of allylic oxidation sites excluding steroid dienone is 2. The zero-order valence-electron chi connectivity index (χ0n) is 14.7. The van der Waals surface area contributed by atoms with Gasteiger partial charge in [0, 0.05) is 5.56 Å². The summed E-state index contributed by atoms with van der Waals surface area (Å²) in [5.41, 5.74) is 1.30. The van der Waals surface area contributed by atoms with Crippen LogP contribution in [-0.2, 0) is 25.5 Å². The summed E-state index contributed by atoms with van der Waals surface area (Å²) in [6.45, 7) is 3.82. The third-order valence-electron chi connectivity index (χ3n) is 4.01. The monoisotopic (exact) mass is 328 g/mol. The molecule has 0 bridgehead atoms. The highest BCUT2D eigenvalue weighted by Gasteiger charge is 2.47. The van der Waals surface area contributed by atoms with Crippen molar-refractivity contribution in [1.29, 1.82) is 0 Å². The van der Waals surface area contributed by atoms with Crippen molar-refractivity contribution in [3.63, 3.8) is 0 Å². The third-order valence-corrected chi connectivity index (χ3v) is 4.01. The Morgan fingerprint density at radius 2 is 1.75 bits per heavy atom. The Labute approximate surface area is 143 Å².